The third-order valence-corrected chi connectivity index (χ3v) is 12.5. The van der Waals surface area contributed by atoms with Crippen LogP contribution in [0.5, 0.6) is 0 Å². The average Bonchev–Trinajstić information content (AvgIpc) is 2.76. The van der Waals surface area contributed by atoms with Crippen LogP contribution >= 0.6 is 0 Å². The van der Waals surface area contributed by atoms with Gasteiger partial charge >= 0.3 is 4.38 Å². The highest BCUT2D eigenvalue weighted by Crippen LogP contribution is 2.34. The van der Waals surface area contributed by atoms with Crippen molar-refractivity contribution in [3.8, 4) is 0 Å². The molecule has 0 aromatic rings. The summed E-state index contributed by atoms with van der Waals surface area (Å²) >= 11 is 0. The van der Waals surface area contributed by atoms with Crippen LogP contribution in [0.25, 0.3) is 5.53 Å². The highest BCUT2D eigenvalue weighted by atomic mass is 32.3. The first-order valence-corrected chi connectivity index (χ1v) is 15.6. The quantitative estimate of drug-likeness (QED) is 0.124. The predicted octanol–water partition coefficient (Wildman–Crippen LogP) is 5.82. The van der Waals surface area contributed by atoms with Crippen molar-refractivity contribution in [1.82, 2.24) is 0 Å². The SMILES string of the molecule is CCCCCCCCCCC1CCC(S(=O)(=O)C(=[N+]=[N-])S(=O)(=O)C2CCCCC2)CC1. The van der Waals surface area contributed by atoms with E-state index in [0.29, 0.717) is 31.6 Å². The van der Waals surface area contributed by atoms with Gasteiger partial charge in [0, 0.05) is 0 Å². The smallest absolute Gasteiger partial charge is 0.359 e. The number of sulfone groups is 2. The Balaban J connectivity index is 1.80. The largest absolute Gasteiger partial charge is 0.495 e. The van der Waals surface area contributed by atoms with E-state index in [-0.39, 0.29) is 0 Å². The minimum atomic E-state index is -4.13. The van der Waals surface area contributed by atoms with Crippen LogP contribution in [0.15, 0.2) is 0 Å². The van der Waals surface area contributed by atoms with E-state index in [2.05, 4.69) is 11.7 Å². The zero-order chi connectivity index (χ0) is 22.7. The highest BCUT2D eigenvalue weighted by molar-refractivity contribution is 8.31. The molecule has 8 heteroatoms. The lowest BCUT2D eigenvalue weighted by molar-refractivity contribution is 0.00358. The van der Waals surface area contributed by atoms with Crippen molar-refractivity contribution in [2.45, 2.75) is 133 Å². The molecule has 180 valence electrons. The molecule has 0 spiro atoms. The van der Waals surface area contributed by atoms with Gasteiger partial charge in [-0.15, -0.1) is 4.79 Å². The van der Waals surface area contributed by atoms with E-state index in [0.717, 1.165) is 38.5 Å². The lowest BCUT2D eigenvalue weighted by Gasteiger charge is -2.27. The van der Waals surface area contributed by atoms with Gasteiger partial charge in [-0.25, -0.2) is 16.8 Å². The molecule has 2 saturated carbocycles. The molecule has 2 rings (SSSR count). The summed E-state index contributed by atoms with van der Waals surface area (Å²) in [4.78, 5) is 2.84. The minimum absolute atomic E-state index is 0.447. The molecule has 6 nitrogen and oxygen atoms in total. The standard InChI is InChI=1S/C23H42N2O4S2/c1-2-3-4-5-6-7-8-10-13-20-16-18-22(19-17-20)31(28,29)23(25-24)30(26,27)21-14-11-9-12-15-21/h20-22H,2-19H2,1H3. The van der Waals surface area contributed by atoms with Crippen molar-refractivity contribution in [2.75, 3.05) is 0 Å². The van der Waals surface area contributed by atoms with Crippen LogP contribution in [0.3, 0.4) is 0 Å². The Hall–Kier alpha value is -0.720. The third-order valence-electron chi connectivity index (χ3n) is 7.26. The average molecular weight is 475 g/mol. The molecule has 0 aliphatic heterocycles. The van der Waals surface area contributed by atoms with Crippen LogP contribution in [-0.4, -0.2) is 36.5 Å². The molecule has 0 aromatic heterocycles. The van der Waals surface area contributed by atoms with Gasteiger partial charge in [0.25, 0.3) is 19.7 Å². The molecule has 0 aromatic carbocycles. The van der Waals surface area contributed by atoms with Gasteiger partial charge in [-0.2, -0.15) is 0 Å². The highest BCUT2D eigenvalue weighted by Gasteiger charge is 2.50. The Labute approximate surface area is 190 Å². The number of rotatable bonds is 11. The molecule has 31 heavy (non-hydrogen) atoms. The summed E-state index contributed by atoms with van der Waals surface area (Å²) in [5, 5.41) is -1.48. The summed E-state index contributed by atoms with van der Waals surface area (Å²) < 4.78 is 50.9. The van der Waals surface area contributed by atoms with Crippen molar-refractivity contribution in [2.24, 2.45) is 5.92 Å². The molecule has 0 heterocycles. The molecule has 0 saturated heterocycles. The van der Waals surface area contributed by atoms with Gasteiger partial charge in [0.15, 0.2) is 0 Å². The van der Waals surface area contributed by atoms with Gasteiger partial charge in [0.2, 0.25) is 0 Å². The zero-order valence-corrected chi connectivity index (χ0v) is 20.9. The molecule has 0 bridgehead atoms. The van der Waals surface area contributed by atoms with Crippen molar-refractivity contribution in [1.29, 1.82) is 0 Å². The van der Waals surface area contributed by atoms with Crippen LogP contribution < -0.4 is 0 Å². The van der Waals surface area contributed by atoms with Gasteiger partial charge in [-0.3, -0.25) is 0 Å². The summed E-state index contributed by atoms with van der Waals surface area (Å²) in [6.45, 7) is 2.23. The molecule has 0 radical (unpaired) electrons. The van der Waals surface area contributed by atoms with Crippen molar-refractivity contribution in [3.63, 3.8) is 0 Å². The summed E-state index contributed by atoms with van der Waals surface area (Å²) in [6.07, 6.45) is 17.4. The van der Waals surface area contributed by atoms with E-state index < -0.39 is 34.6 Å². The Bertz CT molecular complexity index is 787. The number of hydrogen-bond donors (Lipinski definition) is 0. The van der Waals surface area contributed by atoms with Crippen molar-refractivity contribution in [3.05, 3.63) is 5.53 Å². The lowest BCUT2D eigenvalue weighted by Crippen LogP contribution is -2.41. The topological polar surface area (TPSA) is 105 Å². The third kappa shape index (κ3) is 7.68. The number of hydrogen-bond acceptors (Lipinski definition) is 4. The molecule has 2 aliphatic rings. The van der Waals surface area contributed by atoms with Crippen molar-refractivity contribution >= 4 is 24.1 Å². The normalized spacial score (nSPS) is 23.4. The van der Waals surface area contributed by atoms with Gasteiger partial charge in [-0.05, 0) is 44.4 Å². The van der Waals surface area contributed by atoms with Gasteiger partial charge in [0.05, 0.1) is 10.5 Å². The second-order valence-electron chi connectivity index (χ2n) is 9.62. The van der Waals surface area contributed by atoms with Crippen LogP contribution in [0.1, 0.15) is 122 Å². The van der Waals surface area contributed by atoms with Gasteiger partial charge in [0.1, 0.15) is 0 Å². The summed E-state index contributed by atoms with van der Waals surface area (Å²) in [7, 11) is -8.24. The summed E-state index contributed by atoms with van der Waals surface area (Å²) in [5.74, 6) is 0.524. The zero-order valence-electron chi connectivity index (χ0n) is 19.3. The maximum Gasteiger partial charge on any atom is 0.495 e. The van der Waals surface area contributed by atoms with Crippen LogP contribution in [0, 0.1) is 5.92 Å². The molecule has 0 amide bonds. The predicted molar refractivity (Wildman–Crippen MR) is 126 cm³/mol. The van der Waals surface area contributed by atoms with Crippen molar-refractivity contribution < 1.29 is 21.6 Å². The van der Waals surface area contributed by atoms with Crippen LogP contribution in [-0.2, 0) is 19.7 Å². The molecular weight excluding hydrogens is 432 g/mol. The maximum atomic E-state index is 13.1. The van der Waals surface area contributed by atoms with E-state index in [1.54, 1.807) is 0 Å². The molecule has 0 atom stereocenters. The first kappa shape index (κ1) is 26.5. The Morgan fingerprint density at radius 1 is 0.710 bits per heavy atom. The van der Waals surface area contributed by atoms with E-state index >= 15 is 0 Å². The van der Waals surface area contributed by atoms with Crippen LogP contribution in [0.2, 0.25) is 0 Å². The van der Waals surface area contributed by atoms with Crippen LogP contribution in [0.4, 0.5) is 0 Å². The maximum absolute atomic E-state index is 13.1. The summed E-state index contributed by atoms with van der Waals surface area (Å²) in [5.41, 5.74) is 9.37. The van der Waals surface area contributed by atoms with Gasteiger partial charge in [-0.1, -0.05) is 84.0 Å². The van der Waals surface area contributed by atoms with E-state index in [1.165, 1.54) is 51.4 Å². The number of unbranched alkanes of at least 4 members (excludes halogenated alkanes) is 7. The molecule has 2 fully saturated rings. The monoisotopic (exact) mass is 474 g/mol. The minimum Gasteiger partial charge on any atom is -0.359 e. The molecule has 2 aliphatic carbocycles. The lowest BCUT2D eigenvalue weighted by atomic mass is 9.85. The number of nitrogens with zero attached hydrogens (tertiary/aromatic N) is 2. The van der Waals surface area contributed by atoms with E-state index in [9.17, 15) is 22.4 Å². The molecular formula is C23H42N2O4S2. The first-order valence-electron chi connectivity index (χ1n) is 12.5. The van der Waals surface area contributed by atoms with E-state index in [4.69, 9.17) is 0 Å². The Kier molecular flexibility index (Phi) is 11.2. The fourth-order valence-corrected chi connectivity index (χ4v) is 9.99. The molecule has 0 unspecified atom stereocenters. The Morgan fingerprint density at radius 2 is 1.19 bits per heavy atom. The first-order chi connectivity index (χ1) is 14.8. The van der Waals surface area contributed by atoms with Gasteiger partial charge < -0.3 is 5.53 Å². The second-order valence-corrected chi connectivity index (χ2v) is 14.2. The van der Waals surface area contributed by atoms with E-state index in [1.807, 2.05) is 0 Å². The molecule has 0 N–H and O–H groups in total. The fourth-order valence-electron chi connectivity index (χ4n) is 5.23. The second kappa shape index (κ2) is 13.1. The Morgan fingerprint density at radius 3 is 1.71 bits per heavy atom. The fraction of sp³-hybridized carbons (Fsp3) is 0.957. The summed E-state index contributed by atoms with van der Waals surface area (Å²) in [6, 6.07) is 0.